The summed E-state index contributed by atoms with van der Waals surface area (Å²) < 4.78 is 10.3. The Bertz CT molecular complexity index is 1480. The molecule has 0 bridgehead atoms. The molecule has 46 heavy (non-hydrogen) atoms. The van der Waals surface area contributed by atoms with Crippen molar-refractivity contribution >= 4 is 42.1 Å². The first kappa shape index (κ1) is 35.8. The number of carbonyl (C=O) groups excluding carboxylic acids is 7. The Labute approximate surface area is 267 Å². The van der Waals surface area contributed by atoms with Gasteiger partial charge >= 0.3 is 12.2 Å². The molecule has 2 unspecified atom stereocenters. The summed E-state index contributed by atoms with van der Waals surface area (Å²) in [6.45, 7) is 9.94. The molecule has 0 spiro atoms. The summed E-state index contributed by atoms with van der Waals surface area (Å²) in [4.78, 5) is 85.2. The average Bonchev–Trinajstić information content (AvgIpc) is 2.96. The van der Waals surface area contributed by atoms with Crippen LogP contribution in [0.3, 0.4) is 0 Å². The highest BCUT2D eigenvalue weighted by molar-refractivity contribution is 6.13. The lowest BCUT2D eigenvalue weighted by molar-refractivity contribution is -0.149. The van der Waals surface area contributed by atoms with Gasteiger partial charge in [0.25, 0.3) is 0 Å². The summed E-state index contributed by atoms with van der Waals surface area (Å²) in [6, 6.07) is 13.4. The normalized spacial score (nSPS) is 18.8. The molecule has 2 aliphatic heterocycles. The summed E-state index contributed by atoms with van der Waals surface area (Å²) in [5.41, 5.74) is 1.04. The number of nitrogens with zero attached hydrogens (tertiary/aromatic N) is 2. The van der Waals surface area contributed by atoms with Gasteiger partial charge in [0, 0.05) is 18.4 Å². The van der Waals surface area contributed by atoms with E-state index >= 15 is 0 Å². The predicted octanol–water partition coefficient (Wildman–Crippen LogP) is 5.01. The lowest BCUT2D eigenvalue weighted by atomic mass is 9.89. The minimum atomic E-state index is -0.943. The van der Waals surface area contributed by atoms with Crippen LogP contribution in [0.15, 0.2) is 48.5 Å². The zero-order valence-corrected chi connectivity index (χ0v) is 26.9. The fourth-order valence-electron chi connectivity index (χ4n) is 4.84. The van der Waals surface area contributed by atoms with Crippen LogP contribution in [0, 0.1) is 0 Å². The van der Waals surface area contributed by atoms with Gasteiger partial charge in [-0.3, -0.25) is 24.0 Å². The van der Waals surface area contributed by atoms with Crippen LogP contribution in [0.4, 0.5) is 9.59 Å². The number of imide groups is 6. The van der Waals surface area contributed by atoms with Crippen molar-refractivity contribution in [1.29, 1.82) is 0 Å². The van der Waals surface area contributed by atoms with Crippen molar-refractivity contribution in [3.8, 4) is 0 Å². The number of likely N-dealkylation sites (tertiary alicyclic amines) is 2. The summed E-state index contributed by atoms with van der Waals surface area (Å²) >= 11 is 0. The molecule has 0 saturated carbocycles. The van der Waals surface area contributed by atoms with Crippen molar-refractivity contribution in [3.05, 3.63) is 70.8 Å². The first-order valence-corrected chi connectivity index (χ1v) is 14.9. The smallest absolute Gasteiger partial charge is 0.424 e. The first-order chi connectivity index (χ1) is 21.5. The minimum Gasteiger partial charge on any atom is -0.443 e. The number of ether oxygens (including phenoxy) is 2. The molecular formula is C34H40N2O10. The van der Waals surface area contributed by atoms with Crippen molar-refractivity contribution in [2.45, 2.75) is 96.9 Å². The predicted molar refractivity (Wildman–Crippen MR) is 164 cm³/mol. The molecule has 246 valence electrons. The van der Waals surface area contributed by atoms with E-state index in [0.29, 0.717) is 45.6 Å². The summed E-state index contributed by atoms with van der Waals surface area (Å²) in [5, 5.41) is 9.07. The fourth-order valence-corrected chi connectivity index (χ4v) is 4.84. The summed E-state index contributed by atoms with van der Waals surface area (Å²) in [5.74, 6) is -3.40. The standard InChI is InChI=1S/C17H21NO5.C17H19NO5/c2*1-17(2,3)23-16(22)18-14(20)9-8-13(15(18)21)12-6-4-11(10-19)5-7-12/h4-7,13,19H,8-10H2,1-3H3;4-7,10,13H,8-9H2,1-3H3. The zero-order valence-electron chi connectivity index (χ0n) is 26.9. The van der Waals surface area contributed by atoms with E-state index in [1.807, 2.05) is 0 Å². The monoisotopic (exact) mass is 636 g/mol. The number of rotatable bonds is 4. The van der Waals surface area contributed by atoms with E-state index in [9.17, 15) is 33.6 Å². The molecule has 0 aromatic heterocycles. The number of aldehydes is 1. The summed E-state index contributed by atoms with van der Waals surface area (Å²) in [6.07, 6.45) is -0.274. The van der Waals surface area contributed by atoms with Gasteiger partial charge in [0.1, 0.15) is 17.5 Å². The van der Waals surface area contributed by atoms with Crippen LogP contribution in [0.2, 0.25) is 0 Å². The van der Waals surface area contributed by atoms with Crippen molar-refractivity contribution < 1.29 is 48.1 Å². The Morgan fingerprint density at radius 1 is 0.717 bits per heavy atom. The minimum absolute atomic E-state index is 0.0819. The first-order valence-electron chi connectivity index (χ1n) is 14.9. The maximum absolute atomic E-state index is 12.6. The van der Waals surface area contributed by atoms with Gasteiger partial charge in [0.2, 0.25) is 23.6 Å². The Hall–Kier alpha value is -4.71. The van der Waals surface area contributed by atoms with Crippen LogP contribution in [0.5, 0.6) is 0 Å². The second kappa shape index (κ2) is 14.6. The van der Waals surface area contributed by atoms with E-state index in [-0.39, 0.29) is 19.4 Å². The van der Waals surface area contributed by atoms with Crippen LogP contribution in [-0.4, -0.2) is 68.2 Å². The van der Waals surface area contributed by atoms with E-state index in [1.54, 1.807) is 90.1 Å². The maximum atomic E-state index is 12.6. The second-order valence-electron chi connectivity index (χ2n) is 13.0. The number of hydrogen-bond acceptors (Lipinski definition) is 10. The molecule has 1 N–H and O–H groups in total. The van der Waals surface area contributed by atoms with Crippen LogP contribution >= 0.6 is 0 Å². The van der Waals surface area contributed by atoms with Crippen LogP contribution in [-0.2, 0) is 35.3 Å². The molecule has 12 heteroatoms. The second-order valence-corrected chi connectivity index (χ2v) is 13.0. The zero-order chi connectivity index (χ0) is 34.4. The SMILES string of the molecule is CC(C)(C)OC(=O)N1C(=O)CCC(c2ccc(C=O)cc2)C1=O.CC(C)(C)OC(=O)N1C(=O)CCC(c2ccc(CO)cc2)C1=O. The number of piperidine rings is 2. The molecule has 2 aliphatic rings. The van der Waals surface area contributed by atoms with Crippen LogP contribution < -0.4 is 0 Å². The molecular weight excluding hydrogens is 596 g/mol. The third kappa shape index (κ3) is 9.16. The van der Waals surface area contributed by atoms with E-state index in [1.165, 1.54) is 0 Å². The Morgan fingerprint density at radius 2 is 1.09 bits per heavy atom. The van der Waals surface area contributed by atoms with Crippen molar-refractivity contribution in [1.82, 2.24) is 9.80 Å². The van der Waals surface area contributed by atoms with Gasteiger partial charge in [0.05, 0.1) is 18.4 Å². The number of amides is 6. The molecule has 0 radical (unpaired) electrons. The molecule has 6 amide bonds. The number of carbonyl (C=O) groups is 7. The topological polar surface area (TPSA) is 165 Å². The van der Waals surface area contributed by atoms with Gasteiger partial charge in [-0.15, -0.1) is 0 Å². The van der Waals surface area contributed by atoms with Crippen molar-refractivity contribution in [3.63, 3.8) is 0 Å². The highest BCUT2D eigenvalue weighted by atomic mass is 16.6. The summed E-state index contributed by atoms with van der Waals surface area (Å²) in [7, 11) is 0. The molecule has 4 rings (SSSR count). The molecule has 2 aromatic rings. The van der Waals surface area contributed by atoms with Crippen molar-refractivity contribution in [2.75, 3.05) is 0 Å². The number of hydrogen-bond donors (Lipinski definition) is 1. The molecule has 12 nitrogen and oxygen atoms in total. The van der Waals surface area contributed by atoms with Crippen LogP contribution in [0.25, 0.3) is 0 Å². The third-order valence-corrected chi connectivity index (χ3v) is 7.02. The third-order valence-electron chi connectivity index (χ3n) is 7.02. The fraction of sp³-hybridized carbons (Fsp3) is 0.441. The van der Waals surface area contributed by atoms with E-state index in [2.05, 4.69) is 0 Å². The Morgan fingerprint density at radius 3 is 1.41 bits per heavy atom. The van der Waals surface area contributed by atoms with Gasteiger partial charge in [-0.2, -0.15) is 9.80 Å². The van der Waals surface area contributed by atoms with E-state index < -0.39 is 58.9 Å². The highest BCUT2D eigenvalue weighted by Crippen LogP contribution is 2.31. The van der Waals surface area contributed by atoms with E-state index in [0.717, 1.165) is 5.56 Å². The lowest BCUT2D eigenvalue weighted by Gasteiger charge is -2.31. The molecule has 2 aromatic carbocycles. The Balaban J connectivity index is 0.000000250. The van der Waals surface area contributed by atoms with Crippen molar-refractivity contribution in [2.24, 2.45) is 0 Å². The molecule has 2 atom stereocenters. The van der Waals surface area contributed by atoms with Crippen LogP contribution in [0.1, 0.15) is 106 Å². The molecule has 2 saturated heterocycles. The highest BCUT2D eigenvalue weighted by Gasteiger charge is 2.42. The van der Waals surface area contributed by atoms with Gasteiger partial charge in [0.15, 0.2) is 0 Å². The van der Waals surface area contributed by atoms with E-state index in [4.69, 9.17) is 14.6 Å². The number of aliphatic hydroxyl groups excluding tert-OH is 1. The Kier molecular flexibility index (Phi) is 11.3. The average molecular weight is 637 g/mol. The van der Waals surface area contributed by atoms with Gasteiger partial charge < -0.3 is 14.6 Å². The molecule has 0 aliphatic carbocycles. The molecule has 2 fully saturated rings. The van der Waals surface area contributed by atoms with Gasteiger partial charge in [-0.1, -0.05) is 48.5 Å². The lowest BCUT2D eigenvalue weighted by Crippen LogP contribution is -2.49. The molecule has 2 heterocycles. The van der Waals surface area contributed by atoms with Gasteiger partial charge in [-0.05, 0) is 71.1 Å². The number of aliphatic hydroxyl groups is 1. The largest absolute Gasteiger partial charge is 0.443 e. The quantitative estimate of drug-likeness (QED) is 0.356. The van der Waals surface area contributed by atoms with Gasteiger partial charge in [-0.25, -0.2) is 9.59 Å². The number of benzene rings is 2. The maximum Gasteiger partial charge on any atom is 0.424 e.